The molecule has 0 saturated carbocycles. The van der Waals surface area contributed by atoms with Crippen LogP contribution in [0.3, 0.4) is 0 Å². The van der Waals surface area contributed by atoms with E-state index in [1.807, 2.05) is 6.92 Å². The van der Waals surface area contributed by atoms with Crippen LogP contribution in [-0.2, 0) is 19.7 Å². The van der Waals surface area contributed by atoms with E-state index in [0.717, 1.165) is 37.1 Å². The first-order chi connectivity index (χ1) is 18.2. The molecule has 0 aromatic heterocycles. The number of nitrogens with zero attached hydrogens (tertiary/aromatic N) is 1. The van der Waals surface area contributed by atoms with Gasteiger partial charge in [-0.3, -0.25) is 9.59 Å². The predicted molar refractivity (Wildman–Crippen MR) is 144 cm³/mol. The third kappa shape index (κ3) is 4.76. The topological polar surface area (TPSA) is 90.0 Å². The summed E-state index contributed by atoms with van der Waals surface area (Å²) in [6, 6.07) is 10.7. The summed E-state index contributed by atoms with van der Waals surface area (Å²) in [6.45, 7) is 4.81. The normalized spacial score (nSPS) is 18.4. The summed E-state index contributed by atoms with van der Waals surface area (Å²) in [7, 11) is -4.15. The van der Waals surface area contributed by atoms with Crippen molar-refractivity contribution in [2.24, 2.45) is 0 Å². The van der Waals surface area contributed by atoms with Crippen LogP contribution in [0.1, 0.15) is 63.9 Å². The van der Waals surface area contributed by atoms with E-state index >= 15 is 0 Å². The van der Waals surface area contributed by atoms with E-state index in [4.69, 9.17) is 20.5 Å². The van der Waals surface area contributed by atoms with Crippen LogP contribution in [-0.4, -0.2) is 38.0 Å². The average Bonchev–Trinajstić information content (AvgIpc) is 2.89. The Labute approximate surface area is 228 Å². The minimum Gasteiger partial charge on any atom is -0.490 e. The highest BCUT2D eigenvalue weighted by molar-refractivity contribution is 7.87. The Morgan fingerprint density at radius 1 is 0.868 bits per heavy atom. The number of carbonyl (C=O) groups excluding carboxylic acids is 2. The summed E-state index contributed by atoms with van der Waals surface area (Å²) < 4.78 is 37.2. The van der Waals surface area contributed by atoms with Crippen LogP contribution in [0.2, 0.25) is 5.02 Å². The largest absolute Gasteiger partial charge is 0.490 e. The first-order valence-corrected chi connectivity index (χ1v) is 14.8. The van der Waals surface area contributed by atoms with Crippen molar-refractivity contribution in [3.8, 4) is 11.5 Å². The van der Waals surface area contributed by atoms with Gasteiger partial charge in [-0.15, -0.1) is 0 Å². The molecule has 9 heteroatoms. The molecule has 0 spiro atoms. The Hall–Kier alpha value is -3.10. The second-order valence-electron chi connectivity index (χ2n) is 9.58. The van der Waals surface area contributed by atoms with Gasteiger partial charge >= 0.3 is 10.1 Å². The van der Waals surface area contributed by atoms with Gasteiger partial charge in [-0.1, -0.05) is 17.7 Å². The lowest BCUT2D eigenvalue weighted by Crippen LogP contribution is -2.39. The van der Waals surface area contributed by atoms with E-state index in [-0.39, 0.29) is 34.6 Å². The molecule has 0 saturated heterocycles. The Morgan fingerprint density at radius 2 is 1.47 bits per heavy atom. The second kappa shape index (κ2) is 10.6. The first kappa shape index (κ1) is 26.5. The number of ether oxygens (including phenoxy) is 1. The lowest BCUT2D eigenvalue weighted by atomic mass is 9.71. The van der Waals surface area contributed by atoms with Crippen molar-refractivity contribution < 1.29 is 26.9 Å². The van der Waals surface area contributed by atoms with Gasteiger partial charge in [0.25, 0.3) is 0 Å². The highest BCUT2D eigenvalue weighted by atomic mass is 35.5. The van der Waals surface area contributed by atoms with Crippen LogP contribution in [0, 0.1) is 0 Å². The third-order valence-corrected chi connectivity index (χ3v) is 8.81. The fourth-order valence-corrected chi connectivity index (χ4v) is 6.81. The minimum absolute atomic E-state index is 0.0323. The summed E-state index contributed by atoms with van der Waals surface area (Å²) in [5.74, 6) is -0.128. The standard InChI is InChI=1S/C29H30ClNO6S/c1-3-31-21-7-5-9-23(32)28(21)27(29-22(31)8-6-10-24(29)33)18-11-16-25(26(17-18)36-4-2)37-38(34,35)20-14-12-19(30)13-15-20/h11-17,27H,3-10H2,1-2H3. The lowest BCUT2D eigenvalue weighted by molar-refractivity contribution is -0.117. The molecule has 5 rings (SSSR count). The fourth-order valence-electron chi connectivity index (χ4n) is 5.74. The van der Waals surface area contributed by atoms with Gasteiger partial charge in [-0.2, -0.15) is 8.42 Å². The summed E-state index contributed by atoms with van der Waals surface area (Å²) in [4.78, 5) is 28.8. The maximum absolute atomic E-state index is 13.3. The highest BCUT2D eigenvalue weighted by Crippen LogP contribution is 2.50. The van der Waals surface area contributed by atoms with Gasteiger partial charge in [0.05, 0.1) is 6.61 Å². The van der Waals surface area contributed by atoms with E-state index in [0.29, 0.717) is 41.1 Å². The number of rotatable bonds is 7. The Kier molecular flexibility index (Phi) is 7.38. The number of carbonyl (C=O) groups is 2. The molecule has 0 bridgehead atoms. The molecule has 200 valence electrons. The average molecular weight is 556 g/mol. The summed E-state index contributed by atoms with van der Waals surface area (Å²) in [5.41, 5.74) is 4.08. The van der Waals surface area contributed by atoms with Gasteiger partial charge in [0.15, 0.2) is 23.1 Å². The number of hydrogen-bond donors (Lipinski definition) is 0. The van der Waals surface area contributed by atoms with E-state index < -0.39 is 16.0 Å². The summed E-state index contributed by atoms with van der Waals surface area (Å²) in [5, 5.41) is 0.411. The molecule has 0 N–H and O–H groups in total. The molecule has 0 fully saturated rings. The van der Waals surface area contributed by atoms with Crippen molar-refractivity contribution in [3.63, 3.8) is 0 Å². The van der Waals surface area contributed by atoms with Gasteiger partial charge in [0, 0.05) is 52.9 Å². The number of Topliss-reactive ketones (excluding diaryl/α,β-unsaturated/α-hetero) is 2. The van der Waals surface area contributed by atoms with Crippen molar-refractivity contribution in [1.29, 1.82) is 0 Å². The van der Waals surface area contributed by atoms with Crippen LogP contribution in [0.25, 0.3) is 0 Å². The van der Waals surface area contributed by atoms with Crippen LogP contribution < -0.4 is 8.92 Å². The molecule has 2 aliphatic carbocycles. The summed E-state index contributed by atoms with van der Waals surface area (Å²) in [6.07, 6.45) is 4.05. The van der Waals surface area contributed by atoms with Crippen molar-refractivity contribution in [2.75, 3.05) is 13.2 Å². The van der Waals surface area contributed by atoms with E-state index in [1.165, 1.54) is 24.3 Å². The Morgan fingerprint density at radius 3 is 2.03 bits per heavy atom. The van der Waals surface area contributed by atoms with Crippen molar-refractivity contribution in [2.45, 2.75) is 63.2 Å². The zero-order chi connectivity index (χ0) is 27.0. The molecule has 0 amide bonds. The number of hydrogen-bond acceptors (Lipinski definition) is 7. The van der Waals surface area contributed by atoms with E-state index in [1.54, 1.807) is 25.1 Å². The molecule has 38 heavy (non-hydrogen) atoms. The van der Waals surface area contributed by atoms with E-state index in [9.17, 15) is 18.0 Å². The Bertz CT molecular complexity index is 1410. The van der Waals surface area contributed by atoms with Crippen LogP contribution in [0.5, 0.6) is 11.5 Å². The monoisotopic (exact) mass is 555 g/mol. The maximum atomic E-state index is 13.3. The number of ketones is 2. The van der Waals surface area contributed by atoms with Crippen molar-refractivity contribution in [3.05, 3.63) is 75.6 Å². The quantitative estimate of drug-likeness (QED) is 0.390. The molecule has 0 radical (unpaired) electrons. The SMILES string of the molecule is CCOc1cc(C2C3=C(CCCC3=O)N(CC)C3=C2C(=O)CCC3)ccc1OS(=O)(=O)c1ccc(Cl)cc1. The minimum atomic E-state index is -4.15. The van der Waals surface area contributed by atoms with Crippen LogP contribution in [0.4, 0.5) is 0 Å². The van der Waals surface area contributed by atoms with Crippen molar-refractivity contribution >= 4 is 33.3 Å². The van der Waals surface area contributed by atoms with E-state index in [2.05, 4.69) is 4.90 Å². The molecule has 1 aliphatic heterocycles. The fraction of sp³-hybridized carbons (Fsp3) is 0.379. The van der Waals surface area contributed by atoms with Crippen LogP contribution >= 0.6 is 11.6 Å². The molecule has 0 unspecified atom stereocenters. The van der Waals surface area contributed by atoms with Gasteiger partial charge in [0.1, 0.15) is 4.90 Å². The zero-order valence-electron chi connectivity index (χ0n) is 21.5. The molecule has 0 atom stereocenters. The lowest BCUT2D eigenvalue weighted by Gasteiger charge is -2.43. The predicted octanol–water partition coefficient (Wildman–Crippen LogP) is 5.94. The van der Waals surface area contributed by atoms with Gasteiger partial charge in [0.2, 0.25) is 0 Å². The number of benzene rings is 2. The van der Waals surface area contributed by atoms with Gasteiger partial charge in [-0.05, 0) is 81.5 Å². The second-order valence-corrected chi connectivity index (χ2v) is 11.6. The molecule has 2 aromatic carbocycles. The summed E-state index contributed by atoms with van der Waals surface area (Å²) >= 11 is 5.90. The van der Waals surface area contributed by atoms with Gasteiger partial charge < -0.3 is 13.8 Å². The molecule has 3 aliphatic rings. The number of halogens is 1. The molecular formula is C29H30ClNO6S. The van der Waals surface area contributed by atoms with Crippen molar-refractivity contribution in [1.82, 2.24) is 4.90 Å². The highest BCUT2D eigenvalue weighted by Gasteiger charge is 2.43. The molecular weight excluding hydrogens is 526 g/mol. The van der Waals surface area contributed by atoms with Gasteiger partial charge in [-0.25, -0.2) is 0 Å². The molecule has 2 aromatic rings. The first-order valence-electron chi connectivity index (χ1n) is 13.0. The molecule has 7 nitrogen and oxygen atoms in total. The smallest absolute Gasteiger partial charge is 0.339 e. The Balaban J connectivity index is 1.61. The zero-order valence-corrected chi connectivity index (χ0v) is 23.0. The third-order valence-electron chi connectivity index (χ3n) is 7.31. The van der Waals surface area contributed by atoms with Crippen LogP contribution in [0.15, 0.2) is 69.9 Å². The molecule has 1 heterocycles. The maximum Gasteiger partial charge on any atom is 0.339 e. The number of allylic oxidation sites excluding steroid dienone is 4.